The Bertz CT molecular complexity index is 827. The number of cyclic esters (lactones) is 1. The van der Waals surface area contributed by atoms with Crippen molar-refractivity contribution in [2.24, 2.45) is 4.99 Å². The largest absolute Gasteiger partial charge is 0.402 e. The van der Waals surface area contributed by atoms with Gasteiger partial charge in [0, 0.05) is 3.57 Å². The molecule has 0 spiro atoms. The van der Waals surface area contributed by atoms with Crippen LogP contribution in [0.4, 0.5) is 0 Å². The van der Waals surface area contributed by atoms with Gasteiger partial charge < -0.3 is 4.74 Å². The number of benzene rings is 2. The summed E-state index contributed by atoms with van der Waals surface area (Å²) in [6.07, 6.45) is 1.71. The molecule has 3 rings (SSSR count). The second-order valence-corrected chi connectivity index (χ2v) is 6.53. The van der Waals surface area contributed by atoms with Crippen molar-refractivity contribution in [1.29, 1.82) is 0 Å². The minimum Gasteiger partial charge on any atom is -0.402 e. The fourth-order valence-electron chi connectivity index (χ4n) is 2.10. The Balaban J connectivity index is 2.00. The minimum absolute atomic E-state index is 0.243. The van der Waals surface area contributed by atoms with Gasteiger partial charge in [-0.15, -0.1) is 0 Å². The molecule has 2 aromatic carbocycles. The molecule has 3 nitrogen and oxygen atoms in total. The molecule has 0 fully saturated rings. The van der Waals surface area contributed by atoms with Gasteiger partial charge in [0.2, 0.25) is 5.90 Å². The number of rotatable bonds is 2. The van der Waals surface area contributed by atoms with Crippen LogP contribution in [0.5, 0.6) is 0 Å². The molecule has 0 bridgehead atoms. The first-order valence-electron chi connectivity index (χ1n) is 6.57. The van der Waals surface area contributed by atoms with Crippen LogP contribution in [0.15, 0.2) is 53.2 Å². The number of aliphatic imine (C=N–C) groups is 1. The van der Waals surface area contributed by atoms with Gasteiger partial charge in [-0.05, 0) is 59.4 Å². The van der Waals surface area contributed by atoms with E-state index in [9.17, 15) is 4.79 Å². The molecule has 5 heteroatoms. The zero-order valence-electron chi connectivity index (χ0n) is 11.6. The molecule has 0 saturated carbocycles. The molecule has 1 aliphatic heterocycles. The standard InChI is InChI=1S/C17H11ClINO2/c1-10-3-2-4-11(7-10)8-15-17(21)22-16(20-15)13-9-12(19)5-6-14(13)18/h2-9H,1H3/b15-8-. The number of nitrogens with zero attached hydrogens (tertiary/aromatic N) is 1. The molecule has 0 atom stereocenters. The highest BCUT2D eigenvalue weighted by Gasteiger charge is 2.25. The van der Waals surface area contributed by atoms with Crippen molar-refractivity contribution in [2.75, 3.05) is 0 Å². The fraction of sp³-hybridized carbons (Fsp3) is 0.0588. The van der Waals surface area contributed by atoms with Gasteiger partial charge in [0.05, 0.1) is 10.6 Å². The van der Waals surface area contributed by atoms with E-state index in [1.807, 2.05) is 43.3 Å². The van der Waals surface area contributed by atoms with Crippen LogP contribution in [0.1, 0.15) is 16.7 Å². The number of esters is 1. The lowest BCUT2D eigenvalue weighted by atomic mass is 10.1. The predicted molar refractivity (Wildman–Crippen MR) is 96.0 cm³/mol. The highest BCUT2D eigenvalue weighted by Crippen LogP contribution is 2.25. The average Bonchev–Trinajstić information content (AvgIpc) is 2.83. The smallest absolute Gasteiger partial charge is 0.363 e. The maximum Gasteiger partial charge on any atom is 0.363 e. The summed E-state index contributed by atoms with van der Waals surface area (Å²) in [4.78, 5) is 16.3. The van der Waals surface area contributed by atoms with Crippen molar-refractivity contribution in [1.82, 2.24) is 0 Å². The highest BCUT2D eigenvalue weighted by molar-refractivity contribution is 14.1. The topological polar surface area (TPSA) is 38.7 Å². The van der Waals surface area contributed by atoms with Crippen LogP contribution in [0.3, 0.4) is 0 Å². The molecule has 0 saturated heterocycles. The van der Waals surface area contributed by atoms with Crippen molar-refractivity contribution in [3.8, 4) is 0 Å². The van der Waals surface area contributed by atoms with Gasteiger partial charge in [0.25, 0.3) is 0 Å². The van der Waals surface area contributed by atoms with E-state index in [-0.39, 0.29) is 11.6 Å². The third kappa shape index (κ3) is 3.23. The van der Waals surface area contributed by atoms with Crippen molar-refractivity contribution in [2.45, 2.75) is 6.92 Å². The first-order valence-corrected chi connectivity index (χ1v) is 8.03. The Morgan fingerprint density at radius 3 is 2.82 bits per heavy atom. The molecule has 0 aliphatic carbocycles. The summed E-state index contributed by atoms with van der Waals surface area (Å²) in [5.41, 5.74) is 2.92. The number of halogens is 2. The number of hydrogen-bond acceptors (Lipinski definition) is 3. The third-order valence-electron chi connectivity index (χ3n) is 3.12. The van der Waals surface area contributed by atoms with E-state index < -0.39 is 5.97 Å². The molecule has 2 aromatic rings. The first kappa shape index (κ1) is 15.2. The Hall–Kier alpha value is -1.66. The molecule has 0 radical (unpaired) electrons. The van der Waals surface area contributed by atoms with Crippen LogP contribution in [0.25, 0.3) is 6.08 Å². The summed E-state index contributed by atoms with van der Waals surface area (Å²) in [6.45, 7) is 2.00. The predicted octanol–water partition coefficient (Wildman–Crippen LogP) is 4.60. The normalized spacial score (nSPS) is 15.9. The molecule has 1 aliphatic rings. The van der Waals surface area contributed by atoms with Gasteiger partial charge >= 0.3 is 5.97 Å². The zero-order valence-corrected chi connectivity index (χ0v) is 14.6. The van der Waals surface area contributed by atoms with Crippen LogP contribution < -0.4 is 0 Å². The Morgan fingerprint density at radius 1 is 1.23 bits per heavy atom. The van der Waals surface area contributed by atoms with Gasteiger partial charge in [-0.2, -0.15) is 0 Å². The molecule has 0 amide bonds. The molecule has 1 heterocycles. The highest BCUT2D eigenvalue weighted by atomic mass is 127. The van der Waals surface area contributed by atoms with Crippen LogP contribution in [-0.2, 0) is 9.53 Å². The third-order valence-corrected chi connectivity index (χ3v) is 4.13. The lowest BCUT2D eigenvalue weighted by Crippen LogP contribution is -2.06. The number of ether oxygens (including phenoxy) is 1. The van der Waals surface area contributed by atoms with Crippen molar-refractivity contribution < 1.29 is 9.53 Å². The molecular weight excluding hydrogens is 413 g/mol. The zero-order chi connectivity index (χ0) is 15.7. The van der Waals surface area contributed by atoms with Gasteiger partial charge in [0.15, 0.2) is 5.70 Å². The molecule has 0 aromatic heterocycles. The van der Waals surface area contributed by atoms with Crippen LogP contribution in [0.2, 0.25) is 5.02 Å². The van der Waals surface area contributed by atoms with Crippen LogP contribution >= 0.6 is 34.2 Å². The van der Waals surface area contributed by atoms with E-state index in [1.165, 1.54) is 0 Å². The summed E-state index contributed by atoms with van der Waals surface area (Å²) in [5.74, 6) is -0.223. The van der Waals surface area contributed by atoms with E-state index in [1.54, 1.807) is 12.1 Å². The summed E-state index contributed by atoms with van der Waals surface area (Å²) in [7, 11) is 0. The number of hydrogen-bond donors (Lipinski definition) is 0. The van der Waals surface area contributed by atoms with E-state index in [4.69, 9.17) is 16.3 Å². The summed E-state index contributed by atoms with van der Waals surface area (Å²) in [6, 6.07) is 13.3. The Labute approximate surface area is 146 Å². The van der Waals surface area contributed by atoms with Gasteiger partial charge in [-0.3, -0.25) is 0 Å². The molecule has 22 heavy (non-hydrogen) atoms. The quantitative estimate of drug-likeness (QED) is 0.402. The summed E-state index contributed by atoms with van der Waals surface area (Å²) >= 11 is 8.33. The molecular formula is C17H11ClINO2. The van der Waals surface area contributed by atoms with E-state index in [2.05, 4.69) is 27.6 Å². The van der Waals surface area contributed by atoms with E-state index in [0.29, 0.717) is 10.6 Å². The van der Waals surface area contributed by atoms with E-state index in [0.717, 1.165) is 14.7 Å². The first-order chi connectivity index (χ1) is 10.5. The van der Waals surface area contributed by atoms with Crippen molar-refractivity contribution >= 4 is 52.1 Å². The van der Waals surface area contributed by atoms with Gasteiger partial charge in [0.1, 0.15) is 0 Å². The van der Waals surface area contributed by atoms with Crippen molar-refractivity contribution in [3.63, 3.8) is 0 Å². The summed E-state index contributed by atoms with van der Waals surface area (Å²) in [5, 5.41) is 0.503. The monoisotopic (exact) mass is 423 g/mol. The van der Waals surface area contributed by atoms with Gasteiger partial charge in [-0.25, -0.2) is 9.79 Å². The molecule has 0 unspecified atom stereocenters. The molecule has 110 valence electrons. The summed E-state index contributed by atoms with van der Waals surface area (Å²) < 4.78 is 6.25. The lowest BCUT2D eigenvalue weighted by Gasteiger charge is -2.02. The number of aryl methyl sites for hydroxylation is 1. The number of carbonyl (C=O) groups excluding carboxylic acids is 1. The minimum atomic E-state index is -0.466. The van der Waals surface area contributed by atoms with Crippen molar-refractivity contribution in [3.05, 3.63) is 73.4 Å². The molecule has 0 N–H and O–H groups in total. The lowest BCUT2D eigenvalue weighted by molar-refractivity contribution is -0.129. The fourth-order valence-corrected chi connectivity index (χ4v) is 2.79. The Kier molecular flexibility index (Phi) is 4.31. The maximum absolute atomic E-state index is 12.0. The average molecular weight is 424 g/mol. The SMILES string of the molecule is Cc1cccc(/C=C2\N=C(c3cc(I)ccc3Cl)OC2=O)c1. The van der Waals surface area contributed by atoms with E-state index >= 15 is 0 Å². The second-order valence-electron chi connectivity index (χ2n) is 4.87. The van der Waals surface area contributed by atoms with Gasteiger partial charge in [-0.1, -0.05) is 41.4 Å². The van der Waals surface area contributed by atoms with Crippen LogP contribution in [0, 0.1) is 10.5 Å². The number of carbonyl (C=O) groups is 1. The van der Waals surface area contributed by atoms with Crippen LogP contribution in [-0.4, -0.2) is 11.9 Å². The second kappa shape index (κ2) is 6.22. The Morgan fingerprint density at radius 2 is 2.05 bits per heavy atom. The maximum atomic E-state index is 12.0.